The first kappa shape index (κ1) is 15.2. The van der Waals surface area contributed by atoms with E-state index in [0.29, 0.717) is 12.0 Å². The Morgan fingerprint density at radius 3 is 2.29 bits per heavy atom. The van der Waals surface area contributed by atoms with Crippen molar-refractivity contribution < 1.29 is 17.6 Å². The molecule has 2 rings (SSSR count). The van der Waals surface area contributed by atoms with Crippen molar-refractivity contribution in [1.29, 1.82) is 0 Å². The zero-order valence-corrected chi connectivity index (χ0v) is 11.0. The quantitative estimate of drug-likeness (QED) is 0.643. The summed E-state index contributed by atoms with van der Waals surface area (Å²) in [6, 6.07) is 7.38. The molecule has 0 bridgehead atoms. The topological polar surface area (TPSA) is 38.0 Å². The summed E-state index contributed by atoms with van der Waals surface area (Å²) < 4.78 is 51.8. The normalized spacial score (nSPS) is 10.9. The largest absolute Gasteiger partial charge is 0.399 e. The van der Waals surface area contributed by atoms with Gasteiger partial charge < -0.3 is 11.1 Å². The molecule has 0 fully saturated rings. The predicted octanol–water partition coefficient (Wildman–Crippen LogP) is 4.14. The molecular formula is C15H14F4N2. The first-order chi connectivity index (χ1) is 9.95. The van der Waals surface area contributed by atoms with Crippen LogP contribution in [-0.2, 0) is 6.42 Å². The fourth-order valence-corrected chi connectivity index (χ4v) is 2.02. The number of alkyl halides is 2. The van der Waals surface area contributed by atoms with Gasteiger partial charge in [-0.15, -0.1) is 0 Å². The van der Waals surface area contributed by atoms with Gasteiger partial charge in [0.1, 0.15) is 11.6 Å². The summed E-state index contributed by atoms with van der Waals surface area (Å²) in [5, 5.41) is 2.83. The van der Waals surface area contributed by atoms with Crippen LogP contribution in [0.2, 0.25) is 0 Å². The molecule has 0 atom stereocenters. The van der Waals surface area contributed by atoms with E-state index in [2.05, 4.69) is 5.32 Å². The van der Waals surface area contributed by atoms with Crippen molar-refractivity contribution in [3.63, 3.8) is 0 Å². The van der Waals surface area contributed by atoms with Crippen LogP contribution in [0.3, 0.4) is 0 Å². The van der Waals surface area contributed by atoms with Crippen LogP contribution in [0.25, 0.3) is 0 Å². The van der Waals surface area contributed by atoms with Gasteiger partial charge >= 0.3 is 0 Å². The highest BCUT2D eigenvalue weighted by atomic mass is 19.3. The van der Waals surface area contributed by atoms with E-state index in [-0.39, 0.29) is 23.5 Å². The number of rotatable bonds is 5. The molecule has 112 valence electrons. The number of hydrogen-bond donors (Lipinski definition) is 2. The van der Waals surface area contributed by atoms with E-state index in [1.54, 1.807) is 0 Å². The van der Waals surface area contributed by atoms with E-state index >= 15 is 0 Å². The van der Waals surface area contributed by atoms with Crippen molar-refractivity contribution in [3.8, 4) is 0 Å². The standard InChI is InChI=1S/C15H14F4N2/c16-10-5-9(6-11(17)7-10)3-4-21-14-2-1-12(20)8-13(14)15(18)19/h1-2,5-8,15,21H,3-4,20H2. The van der Waals surface area contributed by atoms with Gasteiger partial charge in [-0.1, -0.05) is 0 Å². The number of nitrogens with one attached hydrogen (secondary N) is 1. The fourth-order valence-electron chi connectivity index (χ4n) is 2.02. The molecule has 0 saturated carbocycles. The third kappa shape index (κ3) is 4.11. The smallest absolute Gasteiger partial charge is 0.265 e. The lowest BCUT2D eigenvalue weighted by Gasteiger charge is -2.12. The number of benzene rings is 2. The first-order valence-corrected chi connectivity index (χ1v) is 6.32. The Kier molecular flexibility index (Phi) is 4.67. The number of anilines is 2. The molecule has 6 heteroatoms. The summed E-state index contributed by atoms with van der Waals surface area (Å²) in [6.07, 6.45) is -2.34. The van der Waals surface area contributed by atoms with Crippen molar-refractivity contribution >= 4 is 11.4 Å². The van der Waals surface area contributed by atoms with E-state index in [0.717, 1.165) is 6.07 Å². The summed E-state index contributed by atoms with van der Waals surface area (Å²) in [5.74, 6) is -1.32. The summed E-state index contributed by atoms with van der Waals surface area (Å²) in [7, 11) is 0. The molecular weight excluding hydrogens is 284 g/mol. The Morgan fingerprint density at radius 1 is 1.00 bits per heavy atom. The van der Waals surface area contributed by atoms with Crippen molar-refractivity contribution in [2.45, 2.75) is 12.8 Å². The summed E-state index contributed by atoms with van der Waals surface area (Å²) >= 11 is 0. The zero-order valence-electron chi connectivity index (χ0n) is 11.0. The summed E-state index contributed by atoms with van der Waals surface area (Å²) in [5.41, 5.74) is 6.25. The van der Waals surface area contributed by atoms with Crippen LogP contribution in [-0.4, -0.2) is 6.54 Å². The van der Waals surface area contributed by atoms with Crippen LogP contribution in [0, 0.1) is 11.6 Å². The average molecular weight is 298 g/mol. The number of nitrogen functional groups attached to an aromatic ring is 1. The van der Waals surface area contributed by atoms with Gasteiger partial charge in [-0.05, 0) is 42.3 Å². The lowest BCUT2D eigenvalue weighted by atomic mass is 10.1. The molecule has 0 amide bonds. The van der Waals surface area contributed by atoms with E-state index in [1.807, 2.05) is 0 Å². The highest BCUT2D eigenvalue weighted by Crippen LogP contribution is 2.28. The predicted molar refractivity (Wildman–Crippen MR) is 74.4 cm³/mol. The number of hydrogen-bond acceptors (Lipinski definition) is 2. The average Bonchev–Trinajstić information content (AvgIpc) is 2.39. The highest BCUT2D eigenvalue weighted by molar-refractivity contribution is 5.58. The minimum Gasteiger partial charge on any atom is -0.399 e. The third-order valence-electron chi connectivity index (χ3n) is 2.96. The summed E-state index contributed by atoms with van der Waals surface area (Å²) in [4.78, 5) is 0. The van der Waals surface area contributed by atoms with Crippen molar-refractivity contribution in [1.82, 2.24) is 0 Å². The van der Waals surface area contributed by atoms with Gasteiger partial charge in [-0.3, -0.25) is 0 Å². The second kappa shape index (κ2) is 6.47. The Hall–Kier alpha value is -2.24. The third-order valence-corrected chi connectivity index (χ3v) is 2.96. The van der Waals surface area contributed by atoms with Gasteiger partial charge in [0.2, 0.25) is 0 Å². The first-order valence-electron chi connectivity index (χ1n) is 6.32. The van der Waals surface area contributed by atoms with Crippen molar-refractivity contribution in [2.24, 2.45) is 0 Å². The Balaban J connectivity index is 2.03. The fraction of sp³-hybridized carbons (Fsp3) is 0.200. The maximum atomic E-state index is 13.0. The number of halogens is 4. The minimum atomic E-state index is -2.65. The maximum absolute atomic E-state index is 13.0. The lowest BCUT2D eigenvalue weighted by molar-refractivity contribution is 0.152. The van der Waals surface area contributed by atoms with E-state index in [4.69, 9.17) is 5.73 Å². The second-order valence-corrected chi connectivity index (χ2v) is 4.60. The zero-order chi connectivity index (χ0) is 15.4. The molecule has 0 aromatic heterocycles. The molecule has 0 heterocycles. The SMILES string of the molecule is Nc1ccc(NCCc2cc(F)cc(F)c2)c(C(F)F)c1. The molecule has 21 heavy (non-hydrogen) atoms. The highest BCUT2D eigenvalue weighted by Gasteiger charge is 2.13. The van der Waals surface area contributed by atoms with E-state index < -0.39 is 18.1 Å². The molecule has 2 nitrogen and oxygen atoms in total. The van der Waals surface area contributed by atoms with Gasteiger partial charge in [-0.2, -0.15) is 0 Å². The molecule has 3 N–H and O–H groups in total. The number of nitrogens with two attached hydrogens (primary N) is 1. The van der Waals surface area contributed by atoms with Crippen molar-refractivity contribution in [3.05, 3.63) is 59.2 Å². The molecule has 0 unspecified atom stereocenters. The second-order valence-electron chi connectivity index (χ2n) is 4.60. The van der Waals surface area contributed by atoms with Gasteiger partial charge in [0, 0.05) is 29.5 Å². The van der Waals surface area contributed by atoms with Gasteiger partial charge in [0.05, 0.1) is 0 Å². The summed E-state index contributed by atoms with van der Waals surface area (Å²) in [6.45, 7) is 0.270. The molecule has 0 aliphatic carbocycles. The molecule has 0 aliphatic heterocycles. The molecule has 2 aromatic rings. The van der Waals surface area contributed by atoms with Crippen LogP contribution in [0.4, 0.5) is 28.9 Å². The Bertz CT molecular complexity index is 609. The molecule has 0 spiro atoms. The van der Waals surface area contributed by atoms with Crippen LogP contribution in [0.1, 0.15) is 17.6 Å². The van der Waals surface area contributed by atoms with Gasteiger partial charge in [0.25, 0.3) is 6.43 Å². The molecule has 2 aromatic carbocycles. The van der Waals surface area contributed by atoms with Crippen LogP contribution >= 0.6 is 0 Å². The maximum Gasteiger partial charge on any atom is 0.265 e. The van der Waals surface area contributed by atoms with Crippen LogP contribution in [0.5, 0.6) is 0 Å². The van der Waals surface area contributed by atoms with Crippen molar-refractivity contribution in [2.75, 3.05) is 17.6 Å². The lowest BCUT2D eigenvalue weighted by Crippen LogP contribution is -2.08. The molecule has 0 radical (unpaired) electrons. The molecule has 0 saturated heterocycles. The van der Waals surface area contributed by atoms with E-state index in [1.165, 1.54) is 30.3 Å². The Morgan fingerprint density at radius 2 is 1.67 bits per heavy atom. The van der Waals surface area contributed by atoms with Gasteiger partial charge in [-0.25, -0.2) is 17.6 Å². The molecule has 0 aliphatic rings. The van der Waals surface area contributed by atoms with Crippen LogP contribution in [0.15, 0.2) is 36.4 Å². The monoisotopic (exact) mass is 298 g/mol. The van der Waals surface area contributed by atoms with Crippen LogP contribution < -0.4 is 11.1 Å². The van der Waals surface area contributed by atoms with Gasteiger partial charge in [0.15, 0.2) is 0 Å². The minimum absolute atomic E-state index is 0.194. The van der Waals surface area contributed by atoms with E-state index in [9.17, 15) is 17.6 Å². The Labute approximate surface area is 119 Å².